The highest BCUT2D eigenvalue weighted by atomic mass is 32.2. The molecule has 0 aliphatic carbocycles. The van der Waals surface area contributed by atoms with Gasteiger partial charge in [-0.05, 0) is 48.5 Å². The second-order valence-electron chi connectivity index (χ2n) is 6.84. The number of ether oxygens (including phenoxy) is 3. The van der Waals surface area contributed by atoms with E-state index in [0.717, 1.165) is 0 Å². The van der Waals surface area contributed by atoms with E-state index in [9.17, 15) is 16.8 Å². The summed E-state index contributed by atoms with van der Waals surface area (Å²) in [5.41, 5.74) is 0. The molecule has 3 rings (SSSR count). The number of methoxy groups -OCH3 is 1. The predicted octanol–water partition coefficient (Wildman–Crippen LogP) is 1.42. The van der Waals surface area contributed by atoms with Crippen LogP contribution in [-0.4, -0.2) is 79.1 Å². The number of hydrogen-bond acceptors (Lipinski definition) is 7. The van der Waals surface area contributed by atoms with Gasteiger partial charge in [-0.3, -0.25) is 0 Å². The number of sulfonamides is 2. The van der Waals surface area contributed by atoms with E-state index in [0.29, 0.717) is 24.7 Å². The van der Waals surface area contributed by atoms with E-state index in [2.05, 4.69) is 0 Å². The van der Waals surface area contributed by atoms with Gasteiger partial charge in [-0.1, -0.05) is 0 Å². The largest absolute Gasteiger partial charge is 0.497 e. The zero-order valence-corrected chi connectivity index (χ0v) is 19.1. The standard InChI is InChI=1S/C20H26N2O7S2/c1-21(11-16-29-18-5-3-17(27-2)4-6-18)30(23,24)19-7-9-20(10-8-19)31(25,26)22-12-14-28-15-13-22/h3-10H,11-16H2,1-2H3. The van der Waals surface area contributed by atoms with Crippen molar-refractivity contribution in [2.75, 3.05) is 53.6 Å². The lowest BCUT2D eigenvalue weighted by Gasteiger charge is -2.26. The maximum absolute atomic E-state index is 12.8. The highest BCUT2D eigenvalue weighted by Gasteiger charge is 2.27. The molecule has 1 saturated heterocycles. The van der Waals surface area contributed by atoms with Gasteiger partial charge in [-0.15, -0.1) is 0 Å². The first-order chi connectivity index (χ1) is 14.7. The minimum absolute atomic E-state index is 0.0142. The van der Waals surface area contributed by atoms with Gasteiger partial charge in [0.05, 0.1) is 30.1 Å². The van der Waals surface area contributed by atoms with Gasteiger partial charge >= 0.3 is 0 Å². The zero-order valence-electron chi connectivity index (χ0n) is 17.4. The van der Waals surface area contributed by atoms with Crippen molar-refractivity contribution in [2.45, 2.75) is 9.79 Å². The van der Waals surface area contributed by atoms with Gasteiger partial charge < -0.3 is 14.2 Å². The van der Waals surface area contributed by atoms with Crippen molar-refractivity contribution in [1.29, 1.82) is 0 Å². The van der Waals surface area contributed by atoms with Crippen LogP contribution in [0.1, 0.15) is 0 Å². The Balaban J connectivity index is 1.62. The Kier molecular flexibility index (Phi) is 7.55. The summed E-state index contributed by atoms with van der Waals surface area (Å²) in [5.74, 6) is 1.30. The summed E-state index contributed by atoms with van der Waals surface area (Å²) < 4.78 is 69.3. The van der Waals surface area contributed by atoms with Crippen LogP contribution in [0.2, 0.25) is 0 Å². The SMILES string of the molecule is COc1ccc(OCCN(C)S(=O)(=O)c2ccc(S(=O)(=O)N3CCOCC3)cc2)cc1. The summed E-state index contributed by atoms with van der Waals surface area (Å²) in [5, 5.41) is 0. The van der Waals surface area contributed by atoms with Gasteiger partial charge in [0.1, 0.15) is 18.1 Å². The van der Waals surface area contributed by atoms with Crippen molar-refractivity contribution in [3.63, 3.8) is 0 Å². The van der Waals surface area contributed by atoms with Crippen molar-refractivity contribution < 1.29 is 31.0 Å². The highest BCUT2D eigenvalue weighted by molar-refractivity contribution is 7.89. The molecule has 1 aliphatic rings. The van der Waals surface area contributed by atoms with Crippen LogP contribution in [0.3, 0.4) is 0 Å². The summed E-state index contributed by atoms with van der Waals surface area (Å²) in [6.45, 7) is 1.52. The van der Waals surface area contributed by atoms with E-state index in [1.54, 1.807) is 31.4 Å². The van der Waals surface area contributed by atoms with Gasteiger partial charge in [0, 0.05) is 26.7 Å². The van der Waals surface area contributed by atoms with Crippen molar-refractivity contribution >= 4 is 20.0 Å². The van der Waals surface area contributed by atoms with Gasteiger partial charge in [-0.2, -0.15) is 8.61 Å². The third-order valence-electron chi connectivity index (χ3n) is 4.87. The lowest BCUT2D eigenvalue weighted by Crippen LogP contribution is -2.40. The van der Waals surface area contributed by atoms with Crippen LogP contribution in [0.4, 0.5) is 0 Å². The Labute approximate surface area is 183 Å². The van der Waals surface area contributed by atoms with Gasteiger partial charge in [-0.25, -0.2) is 16.8 Å². The Bertz CT molecular complexity index is 1060. The fourth-order valence-corrected chi connectivity index (χ4v) is 5.55. The summed E-state index contributed by atoms with van der Waals surface area (Å²) in [7, 11) is -4.45. The normalized spacial score (nSPS) is 15.7. The molecule has 0 unspecified atom stereocenters. The molecule has 1 heterocycles. The number of likely N-dealkylation sites (N-methyl/N-ethyl adjacent to an activating group) is 1. The molecule has 0 amide bonds. The monoisotopic (exact) mass is 470 g/mol. The van der Waals surface area contributed by atoms with E-state index in [1.807, 2.05) is 0 Å². The number of morpholine rings is 1. The first-order valence-electron chi connectivity index (χ1n) is 9.66. The lowest BCUT2D eigenvalue weighted by molar-refractivity contribution is 0.0730. The zero-order chi connectivity index (χ0) is 22.5. The third kappa shape index (κ3) is 5.55. The number of benzene rings is 2. The molecule has 170 valence electrons. The Morgan fingerprint density at radius 3 is 2.03 bits per heavy atom. The Hall–Kier alpha value is -2.18. The van der Waals surface area contributed by atoms with Crippen molar-refractivity contribution in [2.24, 2.45) is 0 Å². The maximum atomic E-state index is 12.8. The van der Waals surface area contributed by atoms with Crippen LogP contribution in [0.5, 0.6) is 11.5 Å². The molecule has 0 radical (unpaired) electrons. The Morgan fingerprint density at radius 2 is 1.45 bits per heavy atom. The molecule has 1 aliphatic heterocycles. The topological polar surface area (TPSA) is 102 Å². The van der Waals surface area contributed by atoms with Crippen LogP contribution < -0.4 is 9.47 Å². The van der Waals surface area contributed by atoms with Crippen molar-refractivity contribution in [3.8, 4) is 11.5 Å². The van der Waals surface area contributed by atoms with Crippen LogP contribution in [0.15, 0.2) is 58.3 Å². The van der Waals surface area contributed by atoms with Crippen molar-refractivity contribution in [1.82, 2.24) is 8.61 Å². The minimum atomic E-state index is -3.79. The van der Waals surface area contributed by atoms with E-state index in [1.165, 1.54) is 39.9 Å². The lowest BCUT2D eigenvalue weighted by atomic mass is 10.3. The van der Waals surface area contributed by atoms with E-state index < -0.39 is 20.0 Å². The van der Waals surface area contributed by atoms with Gasteiger partial charge in [0.25, 0.3) is 0 Å². The molecule has 0 saturated carbocycles. The van der Waals surface area contributed by atoms with Crippen LogP contribution >= 0.6 is 0 Å². The fraction of sp³-hybridized carbons (Fsp3) is 0.400. The van der Waals surface area contributed by atoms with Gasteiger partial charge in [0.2, 0.25) is 20.0 Å². The first-order valence-corrected chi connectivity index (χ1v) is 12.5. The third-order valence-corrected chi connectivity index (χ3v) is 8.66. The molecule has 2 aromatic carbocycles. The molecule has 1 fully saturated rings. The summed E-state index contributed by atoms with van der Waals surface area (Å²) >= 11 is 0. The fourth-order valence-electron chi connectivity index (χ4n) is 2.98. The summed E-state index contributed by atoms with van der Waals surface area (Å²) in [6.07, 6.45) is 0. The molecule has 0 aromatic heterocycles. The molecule has 0 atom stereocenters. The molecule has 0 bridgehead atoms. The second-order valence-corrected chi connectivity index (χ2v) is 10.8. The van der Waals surface area contributed by atoms with E-state index >= 15 is 0 Å². The number of rotatable bonds is 9. The molecular weight excluding hydrogens is 444 g/mol. The minimum Gasteiger partial charge on any atom is -0.497 e. The van der Waals surface area contributed by atoms with Crippen LogP contribution in [0.25, 0.3) is 0 Å². The quantitative estimate of drug-likeness (QED) is 0.546. The number of nitrogens with zero attached hydrogens (tertiary/aromatic N) is 2. The van der Waals surface area contributed by atoms with Crippen LogP contribution in [-0.2, 0) is 24.8 Å². The summed E-state index contributed by atoms with van der Waals surface area (Å²) in [4.78, 5) is 0.0687. The van der Waals surface area contributed by atoms with Gasteiger partial charge in [0.15, 0.2) is 0 Å². The highest BCUT2D eigenvalue weighted by Crippen LogP contribution is 2.21. The average molecular weight is 471 g/mol. The molecule has 31 heavy (non-hydrogen) atoms. The predicted molar refractivity (Wildman–Crippen MR) is 114 cm³/mol. The molecular formula is C20H26N2O7S2. The summed E-state index contributed by atoms with van der Waals surface area (Å²) in [6, 6.07) is 12.2. The van der Waals surface area contributed by atoms with E-state index in [-0.39, 0.29) is 36.0 Å². The molecule has 0 N–H and O–H groups in total. The molecule has 11 heteroatoms. The molecule has 9 nitrogen and oxygen atoms in total. The van der Waals surface area contributed by atoms with E-state index in [4.69, 9.17) is 14.2 Å². The number of hydrogen-bond donors (Lipinski definition) is 0. The molecule has 2 aromatic rings. The first kappa shape index (κ1) is 23.5. The van der Waals surface area contributed by atoms with Crippen molar-refractivity contribution in [3.05, 3.63) is 48.5 Å². The maximum Gasteiger partial charge on any atom is 0.243 e. The van der Waals surface area contributed by atoms with Crippen LogP contribution in [0, 0.1) is 0 Å². The smallest absolute Gasteiger partial charge is 0.243 e. The Morgan fingerprint density at radius 1 is 0.903 bits per heavy atom. The second kappa shape index (κ2) is 9.96. The molecule has 0 spiro atoms. The average Bonchev–Trinajstić information content (AvgIpc) is 2.80.